The van der Waals surface area contributed by atoms with Crippen molar-refractivity contribution in [2.45, 2.75) is 52.9 Å². The van der Waals surface area contributed by atoms with Crippen molar-refractivity contribution >= 4 is 11.3 Å². The summed E-state index contributed by atoms with van der Waals surface area (Å²) in [6, 6.07) is 2.16. The third kappa shape index (κ3) is 5.26. The van der Waals surface area contributed by atoms with Crippen molar-refractivity contribution in [3.8, 4) is 0 Å². The van der Waals surface area contributed by atoms with Crippen LogP contribution in [0.15, 0.2) is 21.4 Å². The van der Waals surface area contributed by atoms with Crippen LogP contribution in [0, 0.1) is 6.92 Å². The van der Waals surface area contributed by atoms with Crippen LogP contribution in [0.1, 0.15) is 43.5 Å². The lowest BCUT2D eigenvalue weighted by Gasteiger charge is -2.19. The first kappa shape index (κ1) is 16.2. The number of rotatable bonds is 6. The lowest BCUT2D eigenvalue weighted by Crippen LogP contribution is -2.34. The van der Waals surface area contributed by atoms with Gasteiger partial charge in [0.15, 0.2) is 0 Å². The van der Waals surface area contributed by atoms with E-state index in [0.717, 1.165) is 36.8 Å². The van der Waals surface area contributed by atoms with Crippen LogP contribution < -0.4 is 5.32 Å². The van der Waals surface area contributed by atoms with E-state index in [4.69, 9.17) is 4.42 Å². The van der Waals surface area contributed by atoms with Crippen LogP contribution in [-0.4, -0.2) is 22.5 Å². The van der Waals surface area contributed by atoms with Crippen LogP contribution in [0.2, 0.25) is 0 Å². The first-order valence-electron chi connectivity index (χ1n) is 7.22. The molecule has 0 radical (unpaired) electrons. The van der Waals surface area contributed by atoms with Crippen molar-refractivity contribution < 1.29 is 4.42 Å². The molecule has 0 bridgehead atoms. The van der Waals surface area contributed by atoms with Gasteiger partial charge in [0.25, 0.3) is 0 Å². The van der Waals surface area contributed by atoms with Crippen LogP contribution >= 0.6 is 11.3 Å². The minimum atomic E-state index is 0.0995. The van der Waals surface area contributed by atoms with Crippen LogP contribution in [0.25, 0.3) is 0 Å². The summed E-state index contributed by atoms with van der Waals surface area (Å²) in [5.74, 6) is 2.00. The van der Waals surface area contributed by atoms with Gasteiger partial charge in [0.2, 0.25) is 0 Å². The molecule has 0 aromatic carbocycles. The number of nitrogens with one attached hydrogen (secondary N) is 1. The van der Waals surface area contributed by atoms with E-state index >= 15 is 0 Å². The van der Waals surface area contributed by atoms with Gasteiger partial charge < -0.3 is 9.73 Å². The van der Waals surface area contributed by atoms with Gasteiger partial charge in [-0.1, -0.05) is 0 Å². The molecule has 4 nitrogen and oxygen atoms in total. The normalized spacial score (nSPS) is 12.3. The molecule has 0 saturated heterocycles. The fraction of sp³-hybridized carbons (Fsp3) is 0.562. The number of hydrogen-bond donors (Lipinski definition) is 1. The van der Waals surface area contributed by atoms with E-state index in [1.165, 1.54) is 5.56 Å². The Bertz CT molecular complexity index is 555. The number of nitrogens with zero attached hydrogens (tertiary/aromatic N) is 2. The molecule has 5 heteroatoms. The minimum Gasteiger partial charge on any atom is -0.465 e. The highest BCUT2D eigenvalue weighted by Crippen LogP contribution is 2.18. The molecule has 2 aromatic rings. The molecule has 0 spiro atoms. The molecular formula is C16H25N3OS. The van der Waals surface area contributed by atoms with E-state index < -0.39 is 0 Å². The monoisotopic (exact) mass is 307 g/mol. The van der Waals surface area contributed by atoms with E-state index in [9.17, 15) is 0 Å². The van der Waals surface area contributed by atoms with Gasteiger partial charge in [-0.15, -0.1) is 11.3 Å². The summed E-state index contributed by atoms with van der Waals surface area (Å²) in [4.78, 5) is 6.58. The van der Waals surface area contributed by atoms with Gasteiger partial charge in [-0.25, -0.2) is 4.98 Å². The van der Waals surface area contributed by atoms with Crippen molar-refractivity contribution in [2.24, 2.45) is 0 Å². The lowest BCUT2D eigenvalue weighted by molar-refractivity contribution is 0.313. The highest BCUT2D eigenvalue weighted by atomic mass is 32.1. The fourth-order valence-corrected chi connectivity index (χ4v) is 2.67. The average Bonchev–Trinajstić information content (AvgIpc) is 2.97. The topological polar surface area (TPSA) is 41.3 Å². The van der Waals surface area contributed by atoms with Crippen molar-refractivity contribution in [1.82, 2.24) is 15.2 Å². The number of aromatic nitrogens is 1. The molecule has 2 aromatic heterocycles. The molecule has 2 heterocycles. The maximum absolute atomic E-state index is 5.84. The van der Waals surface area contributed by atoms with Crippen molar-refractivity contribution in [3.63, 3.8) is 0 Å². The van der Waals surface area contributed by atoms with Crippen LogP contribution in [0.4, 0.5) is 0 Å². The zero-order valence-corrected chi connectivity index (χ0v) is 14.4. The quantitative estimate of drug-likeness (QED) is 0.886. The second kappa shape index (κ2) is 6.73. The molecule has 0 aliphatic rings. The van der Waals surface area contributed by atoms with E-state index in [2.05, 4.69) is 54.5 Å². The molecule has 1 N–H and O–H groups in total. The third-order valence-corrected chi connectivity index (χ3v) is 3.86. The Kier molecular flexibility index (Phi) is 5.19. The summed E-state index contributed by atoms with van der Waals surface area (Å²) in [6.45, 7) is 11.0. The van der Waals surface area contributed by atoms with Crippen molar-refractivity contribution in [3.05, 3.63) is 39.7 Å². The van der Waals surface area contributed by atoms with Crippen LogP contribution in [0.3, 0.4) is 0 Å². The van der Waals surface area contributed by atoms with E-state index in [1.807, 2.05) is 12.4 Å². The van der Waals surface area contributed by atoms with Gasteiger partial charge in [0.1, 0.15) is 11.5 Å². The van der Waals surface area contributed by atoms with E-state index in [0.29, 0.717) is 0 Å². The highest BCUT2D eigenvalue weighted by Gasteiger charge is 2.13. The zero-order chi connectivity index (χ0) is 15.5. The van der Waals surface area contributed by atoms with Gasteiger partial charge in [-0.3, -0.25) is 4.90 Å². The molecule has 0 atom stereocenters. The SMILES string of the molecule is Cc1oc(CNC(C)(C)C)cc1CN(C)Cc1cscn1. The summed E-state index contributed by atoms with van der Waals surface area (Å²) in [5.41, 5.74) is 4.35. The summed E-state index contributed by atoms with van der Waals surface area (Å²) in [7, 11) is 2.11. The smallest absolute Gasteiger partial charge is 0.118 e. The third-order valence-electron chi connectivity index (χ3n) is 3.22. The van der Waals surface area contributed by atoms with Crippen LogP contribution in [0.5, 0.6) is 0 Å². The van der Waals surface area contributed by atoms with E-state index in [-0.39, 0.29) is 5.54 Å². The first-order valence-corrected chi connectivity index (χ1v) is 8.16. The summed E-state index contributed by atoms with van der Waals surface area (Å²) in [6.07, 6.45) is 0. The molecule has 0 aliphatic carbocycles. The first-order chi connectivity index (χ1) is 9.83. The highest BCUT2D eigenvalue weighted by molar-refractivity contribution is 7.07. The van der Waals surface area contributed by atoms with Crippen LogP contribution in [-0.2, 0) is 19.6 Å². The Morgan fingerprint density at radius 2 is 2.10 bits per heavy atom. The van der Waals surface area contributed by atoms with E-state index in [1.54, 1.807) is 11.3 Å². The number of hydrogen-bond acceptors (Lipinski definition) is 5. The van der Waals surface area contributed by atoms with Gasteiger partial charge in [-0.05, 0) is 40.8 Å². The second-order valence-corrected chi connectivity index (χ2v) is 7.27. The maximum Gasteiger partial charge on any atom is 0.118 e. The molecule has 116 valence electrons. The number of thiazole rings is 1. The predicted octanol–water partition coefficient (Wildman–Crippen LogP) is 3.56. The van der Waals surface area contributed by atoms with Gasteiger partial charge in [0.05, 0.1) is 17.7 Å². The molecule has 2 rings (SSSR count). The summed E-state index contributed by atoms with van der Waals surface area (Å²) < 4.78 is 5.84. The van der Waals surface area contributed by atoms with Gasteiger partial charge in [-0.2, -0.15) is 0 Å². The molecule has 0 amide bonds. The fourth-order valence-electron chi connectivity index (χ4n) is 2.12. The minimum absolute atomic E-state index is 0.0995. The Balaban J connectivity index is 1.92. The summed E-state index contributed by atoms with van der Waals surface area (Å²) in [5, 5.41) is 5.55. The predicted molar refractivity (Wildman–Crippen MR) is 87.3 cm³/mol. The molecule has 0 aliphatic heterocycles. The molecule has 21 heavy (non-hydrogen) atoms. The average molecular weight is 307 g/mol. The van der Waals surface area contributed by atoms with Crippen molar-refractivity contribution in [1.29, 1.82) is 0 Å². The number of furan rings is 1. The van der Waals surface area contributed by atoms with Crippen molar-refractivity contribution in [2.75, 3.05) is 7.05 Å². The largest absolute Gasteiger partial charge is 0.465 e. The summed E-state index contributed by atoms with van der Waals surface area (Å²) >= 11 is 1.64. The Morgan fingerprint density at radius 3 is 2.71 bits per heavy atom. The Morgan fingerprint density at radius 1 is 1.33 bits per heavy atom. The second-order valence-electron chi connectivity index (χ2n) is 6.55. The lowest BCUT2D eigenvalue weighted by atomic mass is 10.1. The Labute approximate surface area is 131 Å². The Hall–Kier alpha value is -1.17. The number of aryl methyl sites for hydroxylation is 1. The standard InChI is InChI=1S/C16H25N3OS/c1-12-13(6-15(20-12)7-18-16(2,3)4)8-19(5)9-14-10-21-11-17-14/h6,10-11,18H,7-9H2,1-5H3. The molecular weight excluding hydrogens is 282 g/mol. The van der Waals surface area contributed by atoms with Gasteiger partial charge >= 0.3 is 0 Å². The van der Waals surface area contributed by atoms with Gasteiger partial charge in [0, 0.05) is 29.6 Å². The zero-order valence-electron chi connectivity index (χ0n) is 13.6. The molecule has 0 saturated carbocycles. The maximum atomic E-state index is 5.84. The molecule has 0 fully saturated rings. The molecule has 0 unspecified atom stereocenters.